The number of nitrogens with one attached hydrogen (secondary N) is 1. The molecule has 146 valence electrons. The minimum absolute atomic E-state index is 0.0616. The van der Waals surface area contributed by atoms with Crippen LogP contribution >= 0.6 is 0 Å². The van der Waals surface area contributed by atoms with Crippen molar-refractivity contribution in [3.8, 4) is 0 Å². The van der Waals surface area contributed by atoms with Crippen molar-refractivity contribution in [2.24, 2.45) is 0 Å². The molecule has 6 nitrogen and oxygen atoms in total. The molecule has 1 N–H and O–H groups in total. The first-order valence-electron chi connectivity index (χ1n) is 9.97. The summed E-state index contributed by atoms with van der Waals surface area (Å²) in [6, 6.07) is 12.0. The van der Waals surface area contributed by atoms with E-state index >= 15 is 0 Å². The van der Waals surface area contributed by atoms with Crippen LogP contribution in [0.3, 0.4) is 0 Å². The van der Waals surface area contributed by atoms with Crippen LogP contribution in [-0.4, -0.2) is 52.9 Å². The number of urea groups is 1. The van der Waals surface area contributed by atoms with Gasteiger partial charge >= 0.3 is 6.03 Å². The van der Waals surface area contributed by atoms with E-state index in [2.05, 4.69) is 28.5 Å². The van der Waals surface area contributed by atoms with Crippen LogP contribution in [0.2, 0.25) is 0 Å². The molecule has 0 spiro atoms. The second kappa shape index (κ2) is 8.00. The van der Waals surface area contributed by atoms with E-state index in [0.29, 0.717) is 18.3 Å². The molecule has 0 radical (unpaired) electrons. The van der Waals surface area contributed by atoms with Gasteiger partial charge in [0, 0.05) is 62.5 Å². The molecule has 1 unspecified atom stereocenters. The van der Waals surface area contributed by atoms with Crippen molar-refractivity contribution in [3.05, 3.63) is 59.9 Å². The summed E-state index contributed by atoms with van der Waals surface area (Å²) in [5.41, 5.74) is 3.21. The lowest BCUT2D eigenvalue weighted by Crippen LogP contribution is -2.50. The van der Waals surface area contributed by atoms with Crippen LogP contribution in [0.25, 0.3) is 0 Å². The van der Waals surface area contributed by atoms with Crippen molar-refractivity contribution in [1.82, 2.24) is 14.8 Å². The summed E-state index contributed by atoms with van der Waals surface area (Å²) < 4.78 is 0. The van der Waals surface area contributed by atoms with Gasteiger partial charge in [-0.3, -0.25) is 9.78 Å². The van der Waals surface area contributed by atoms with Gasteiger partial charge < -0.3 is 15.1 Å². The molecule has 2 aliphatic rings. The third kappa shape index (κ3) is 3.86. The number of benzene rings is 1. The Morgan fingerprint density at radius 3 is 2.46 bits per heavy atom. The maximum absolute atomic E-state index is 12.4. The van der Waals surface area contributed by atoms with E-state index in [4.69, 9.17) is 0 Å². The standard InChI is InChI=1S/C22H26N4O2/c1-2-21(27)25-11-9-18(13-25)16-5-7-20(8-6-16)24-22(28)26-14-19(15-26)17-4-3-10-23-12-17/h3-8,10,12,18-19H,2,9,11,13-15H2,1H3,(H,24,28). The zero-order valence-corrected chi connectivity index (χ0v) is 16.2. The van der Waals surface area contributed by atoms with Crippen molar-refractivity contribution >= 4 is 17.6 Å². The molecule has 0 aliphatic carbocycles. The van der Waals surface area contributed by atoms with Crippen molar-refractivity contribution in [2.75, 3.05) is 31.5 Å². The number of rotatable bonds is 4. The fraction of sp³-hybridized carbons (Fsp3) is 0.409. The Bertz CT molecular complexity index is 831. The molecule has 2 aromatic rings. The lowest BCUT2D eigenvalue weighted by atomic mass is 9.93. The van der Waals surface area contributed by atoms with E-state index in [1.165, 1.54) is 11.1 Å². The highest BCUT2D eigenvalue weighted by Gasteiger charge is 2.32. The summed E-state index contributed by atoms with van der Waals surface area (Å²) in [4.78, 5) is 32.2. The predicted octanol–water partition coefficient (Wildman–Crippen LogP) is 3.44. The second-order valence-corrected chi connectivity index (χ2v) is 7.62. The quantitative estimate of drug-likeness (QED) is 0.886. The van der Waals surface area contributed by atoms with Gasteiger partial charge in [0.15, 0.2) is 0 Å². The number of carbonyl (C=O) groups excluding carboxylic acids is 2. The molecule has 2 saturated heterocycles. The average Bonchev–Trinajstić information content (AvgIpc) is 3.18. The van der Waals surface area contributed by atoms with Crippen LogP contribution in [0.15, 0.2) is 48.8 Å². The zero-order valence-electron chi connectivity index (χ0n) is 16.2. The molecule has 1 aromatic heterocycles. The number of hydrogen-bond acceptors (Lipinski definition) is 3. The summed E-state index contributed by atoms with van der Waals surface area (Å²) in [6.07, 6.45) is 5.20. The Morgan fingerprint density at radius 2 is 1.79 bits per heavy atom. The average molecular weight is 378 g/mol. The first kappa shape index (κ1) is 18.5. The first-order valence-corrected chi connectivity index (χ1v) is 9.97. The van der Waals surface area contributed by atoms with Gasteiger partial charge in [-0.1, -0.05) is 25.1 Å². The Hall–Kier alpha value is -2.89. The summed E-state index contributed by atoms with van der Waals surface area (Å²) in [5.74, 6) is 0.986. The van der Waals surface area contributed by atoms with Crippen molar-refractivity contribution < 1.29 is 9.59 Å². The summed E-state index contributed by atoms with van der Waals surface area (Å²) in [7, 11) is 0. The summed E-state index contributed by atoms with van der Waals surface area (Å²) in [6.45, 7) is 4.98. The Kier molecular flexibility index (Phi) is 5.28. The fourth-order valence-electron chi connectivity index (χ4n) is 4.00. The van der Waals surface area contributed by atoms with Gasteiger partial charge in [-0.15, -0.1) is 0 Å². The number of amides is 3. The molecular formula is C22H26N4O2. The molecule has 1 aromatic carbocycles. The van der Waals surface area contributed by atoms with E-state index in [1.807, 2.05) is 41.1 Å². The lowest BCUT2D eigenvalue weighted by Gasteiger charge is -2.39. The molecule has 0 bridgehead atoms. The third-order valence-electron chi connectivity index (χ3n) is 5.80. The van der Waals surface area contributed by atoms with E-state index < -0.39 is 0 Å². The Morgan fingerprint density at radius 1 is 1.04 bits per heavy atom. The topological polar surface area (TPSA) is 65.5 Å². The molecule has 4 rings (SSSR count). The normalized spacial score (nSPS) is 19.4. The van der Waals surface area contributed by atoms with Crippen molar-refractivity contribution in [3.63, 3.8) is 0 Å². The summed E-state index contributed by atoms with van der Waals surface area (Å²) >= 11 is 0. The van der Waals surface area contributed by atoms with Crippen molar-refractivity contribution in [1.29, 1.82) is 0 Å². The van der Waals surface area contributed by atoms with Gasteiger partial charge in [0.1, 0.15) is 0 Å². The summed E-state index contributed by atoms with van der Waals surface area (Å²) in [5, 5.41) is 2.98. The SMILES string of the molecule is CCC(=O)N1CCC(c2ccc(NC(=O)N3CC(c4cccnc4)C3)cc2)C1. The molecule has 3 amide bonds. The van der Waals surface area contributed by atoms with Gasteiger partial charge in [0.05, 0.1) is 0 Å². The molecule has 2 fully saturated rings. The van der Waals surface area contributed by atoms with E-state index in [-0.39, 0.29) is 11.9 Å². The minimum Gasteiger partial charge on any atom is -0.342 e. The molecule has 0 saturated carbocycles. The monoisotopic (exact) mass is 378 g/mol. The molecule has 3 heterocycles. The second-order valence-electron chi connectivity index (χ2n) is 7.62. The predicted molar refractivity (Wildman–Crippen MR) is 108 cm³/mol. The number of pyridine rings is 1. The van der Waals surface area contributed by atoms with Crippen LogP contribution in [0.5, 0.6) is 0 Å². The zero-order chi connectivity index (χ0) is 19.5. The van der Waals surface area contributed by atoms with Crippen LogP contribution in [0.1, 0.15) is 42.7 Å². The van der Waals surface area contributed by atoms with Gasteiger partial charge in [-0.2, -0.15) is 0 Å². The van der Waals surface area contributed by atoms with E-state index in [1.54, 1.807) is 6.20 Å². The minimum atomic E-state index is -0.0616. The maximum atomic E-state index is 12.4. The Balaban J connectivity index is 1.28. The maximum Gasteiger partial charge on any atom is 0.321 e. The lowest BCUT2D eigenvalue weighted by molar-refractivity contribution is -0.129. The number of aromatic nitrogens is 1. The van der Waals surface area contributed by atoms with E-state index in [9.17, 15) is 9.59 Å². The molecule has 1 atom stereocenters. The van der Waals surface area contributed by atoms with Gasteiger partial charge in [0.2, 0.25) is 5.91 Å². The highest BCUT2D eigenvalue weighted by Crippen LogP contribution is 2.29. The van der Waals surface area contributed by atoms with Crippen LogP contribution in [-0.2, 0) is 4.79 Å². The number of carbonyl (C=O) groups is 2. The molecular weight excluding hydrogens is 352 g/mol. The van der Waals surface area contributed by atoms with Gasteiger partial charge in [-0.25, -0.2) is 4.79 Å². The molecule has 6 heteroatoms. The number of likely N-dealkylation sites (tertiary alicyclic amines) is 2. The number of hydrogen-bond donors (Lipinski definition) is 1. The largest absolute Gasteiger partial charge is 0.342 e. The molecule has 28 heavy (non-hydrogen) atoms. The van der Waals surface area contributed by atoms with Crippen LogP contribution < -0.4 is 5.32 Å². The Labute approximate surface area is 165 Å². The van der Waals surface area contributed by atoms with E-state index in [0.717, 1.165) is 38.3 Å². The third-order valence-corrected chi connectivity index (χ3v) is 5.80. The number of nitrogens with zero attached hydrogens (tertiary/aromatic N) is 3. The van der Waals surface area contributed by atoms with Crippen LogP contribution in [0, 0.1) is 0 Å². The van der Waals surface area contributed by atoms with Crippen molar-refractivity contribution in [2.45, 2.75) is 31.6 Å². The highest BCUT2D eigenvalue weighted by atomic mass is 16.2. The molecule has 2 aliphatic heterocycles. The first-order chi connectivity index (χ1) is 13.6. The smallest absolute Gasteiger partial charge is 0.321 e. The highest BCUT2D eigenvalue weighted by molar-refractivity contribution is 5.90. The van der Waals surface area contributed by atoms with Crippen LogP contribution in [0.4, 0.5) is 10.5 Å². The van der Waals surface area contributed by atoms with Gasteiger partial charge in [0.25, 0.3) is 0 Å². The van der Waals surface area contributed by atoms with Gasteiger partial charge in [-0.05, 0) is 35.7 Å². The number of anilines is 1. The fourth-order valence-corrected chi connectivity index (χ4v) is 4.00.